The summed E-state index contributed by atoms with van der Waals surface area (Å²) in [6, 6.07) is 12.7. The zero-order valence-corrected chi connectivity index (χ0v) is 20.7. The van der Waals surface area contributed by atoms with Crippen molar-refractivity contribution in [2.75, 3.05) is 0 Å². The van der Waals surface area contributed by atoms with Gasteiger partial charge in [0.25, 0.3) is 0 Å². The maximum absolute atomic E-state index is 6.30. The van der Waals surface area contributed by atoms with Crippen molar-refractivity contribution >= 4 is 5.57 Å². The first kappa shape index (κ1) is 25.6. The first-order chi connectivity index (χ1) is 15.4. The highest BCUT2D eigenvalue weighted by atomic mass is 14.7. The largest absolute Gasteiger partial charge is 0.399 e. The van der Waals surface area contributed by atoms with Crippen LogP contribution in [-0.4, -0.2) is 4.98 Å². The number of rotatable bonds is 7. The van der Waals surface area contributed by atoms with Gasteiger partial charge in [0.05, 0.1) is 0 Å². The van der Waals surface area contributed by atoms with Crippen LogP contribution in [0.4, 0.5) is 0 Å². The molecule has 2 aromatic rings. The molecule has 1 aromatic carbocycles. The van der Waals surface area contributed by atoms with E-state index in [1.54, 1.807) is 0 Å². The Kier molecular flexibility index (Phi) is 11.0. The van der Waals surface area contributed by atoms with Crippen LogP contribution in [0.2, 0.25) is 0 Å². The zero-order valence-electron chi connectivity index (χ0n) is 20.7. The number of pyridine rings is 1. The Labute approximate surface area is 196 Å². The number of aromatic nitrogens is 1. The Morgan fingerprint density at radius 1 is 1.12 bits per heavy atom. The number of benzene rings is 1. The monoisotopic (exact) mass is 430 g/mol. The molecule has 32 heavy (non-hydrogen) atoms. The summed E-state index contributed by atoms with van der Waals surface area (Å²) < 4.78 is 0. The number of allylic oxidation sites excluding steroid dienone is 4. The highest BCUT2D eigenvalue weighted by Gasteiger charge is 2.14. The average Bonchev–Trinajstić information content (AvgIpc) is 2.82. The van der Waals surface area contributed by atoms with Gasteiger partial charge in [-0.2, -0.15) is 0 Å². The molecule has 2 nitrogen and oxygen atoms in total. The van der Waals surface area contributed by atoms with E-state index in [9.17, 15) is 0 Å². The topological polar surface area (TPSA) is 38.9 Å². The first-order valence-corrected chi connectivity index (χ1v) is 12.2. The lowest BCUT2D eigenvalue weighted by Gasteiger charge is -2.21. The molecule has 1 aromatic heterocycles. The quantitative estimate of drug-likeness (QED) is 0.450. The Morgan fingerprint density at radius 2 is 1.88 bits per heavy atom. The molecule has 0 bridgehead atoms. The van der Waals surface area contributed by atoms with Gasteiger partial charge in [0, 0.05) is 23.2 Å². The maximum atomic E-state index is 6.30. The summed E-state index contributed by atoms with van der Waals surface area (Å²) in [4.78, 5) is 4.36. The smallest absolute Gasteiger partial charge is 0.0450 e. The summed E-state index contributed by atoms with van der Waals surface area (Å²) >= 11 is 0. The van der Waals surface area contributed by atoms with Crippen LogP contribution in [0.15, 0.2) is 72.6 Å². The number of nitrogens with two attached hydrogens (primary N) is 1. The Morgan fingerprint density at radius 3 is 2.47 bits per heavy atom. The van der Waals surface area contributed by atoms with E-state index in [1.807, 2.05) is 32.2 Å². The van der Waals surface area contributed by atoms with Gasteiger partial charge in [-0.25, -0.2) is 0 Å². The van der Waals surface area contributed by atoms with Crippen molar-refractivity contribution in [1.29, 1.82) is 0 Å². The first-order valence-electron chi connectivity index (χ1n) is 12.2. The molecule has 1 saturated carbocycles. The normalized spacial score (nSPS) is 15.1. The highest BCUT2D eigenvalue weighted by Crippen LogP contribution is 2.29. The average molecular weight is 431 g/mol. The maximum Gasteiger partial charge on any atom is 0.0450 e. The van der Waals surface area contributed by atoms with Crippen molar-refractivity contribution < 1.29 is 0 Å². The molecule has 1 aliphatic carbocycles. The van der Waals surface area contributed by atoms with Crippen molar-refractivity contribution in [1.82, 2.24) is 4.98 Å². The summed E-state index contributed by atoms with van der Waals surface area (Å²) in [5, 5.41) is 0. The van der Waals surface area contributed by atoms with E-state index in [2.05, 4.69) is 61.8 Å². The Hall–Kier alpha value is -2.61. The van der Waals surface area contributed by atoms with E-state index in [1.165, 1.54) is 49.7 Å². The van der Waals surface area contributed by atoms with Gasteiger partial charge in [-0.3, -0.25) is 4.98 Å². The minimum absolute atomic E-state index is 0.803. The van der Waals surface area contributed by atoms with Gasteiger partial charge in [-0.1, -0.05) is 87.6 Å². The third kappa shape index (κ3) is 8.49. The highest BCUT2D eigenvalue weighted by molar-refractivity contribution is 5.76. The van der Waals surface area contributed by atoms with Gasteiger partial charge in [0.2, 0.25) is 0 Å². The molecule has 0 saturated heterocycles. The molecule has 0 spiro atoms. The summed E-state index contributed by atoms with van der Waals surface area (Å²) in [6.07, 6.45) is 16.3. The number of hydrogen-bond donors (Lipinski definition) is 1. The molecule has 0 radical (unpaired) electrons. The summed E-state index contributed by atoms with van der Waals surface area (Å²) in [6.45, 7) is 12.6. The van der Waals surface area contributed by atoms with Crippen molar-refractivity contribution in [2.24, 2.45) is 11.7 Å². The van der Waals surface area contributed by atoms with E-state index < -0.39 is 0 Å². The van der Waals surface area contributed by atoms with Crippen LogP contribution in [0.5, 0.6) is 0 Å². The van der Waals surface area contributed by atoms with Crippen LogP contribution in [0.1, 0.15) is 81.2 Å². The lowest BCUT2D eigenvalue weighted by molar-refractivity contribution is 0.339. The van der Waals surface area contributed by atoms with Gasteiger partial charge in [0.1, 0.15) is 0 Å². The van der Waals surface area contributed by atoms with Gasteiger partial charge >= 0.3 is 0 Å². The van der Waals surface area contributed by atoms with E-state index in [-0.39, 0.29) is 0 Å². The zero-order chi connectivity index (χ0) is 23.3. The molecule has 0 unspecified atom stereocenters. The molecule has 2 heteroatoms. The number of nitrogens with zero attached hydrogens (tertiary/aromatic N) is 1. The van der Waals surface area contributed by atoms with E-state index in [0.717, 1.165) is 46.9 Å². The lowest BCUT2D eigenvalue weighted by atomic mass is 9.85. The fourth-order valence-corrected chi connectivity index (χ4v) is 4.31. The van der Waals surface area contributed by atoms with Gasteiger partial charge < -0.3 is 5.73 Å². The standard InChI is InChI=1S/C21H30N2.C9H12/c1-4-19(20-11-8-14-23-17(20)3)15-21(22)16(2)12-13-18-9-6-5-7-10-18;1-3-9-6-4-5-8(2)7-9/h4,8,11,14-15,18H,2,5-7,9-10,12-13,22H2,1,3H3;4-7H,3H2,1-2H3/b19-4-,21-15-;. The second kappa shape index (κ2) is 13.7. The van der Waals surface area contributed by atoms with Crippen molar-refractivity contribution in [3.63, 3.8) is 0 Å². The molecular weight excluding hydrogens is 388 g/mol. The van der Waals surface area contributed by atoms with E-state index in [0.29, 0.717) is 0 Å². The number of aryl methyl sites for hydroxylation is 3. The minimum Gasteiger partial charge on any atom is -0.399 e. The van der Waals surface area contributed by atoms with Crippen LogP contribution in [0, 0.1) is 19.8 Å². The van der Waals surface area contributed by atoms with E-state index >= 15 is 0 Å². The SMILES string of the molecule is C=C(CCC1CCCCC1)/C(N)=C/C(=C/C)c1cccnc1C.CCc1cccc(C)c1. The molecule has 0 atom stereocenters. The van der Waals surface area contributed by atoms with Crippen LogP contribution >= 0.6 is 0 Å². The Balaban J connectivity index is 0.000000336. The van der Waals surface area contributed by atoms with Crippen molar-refractivity contribution in [3.8, 4) is 0 Å². The molecule has 1 heterocycles. The Bertz CT molecular complexity index is 914. The van der Waals surface area contributed by atoms with Crippen molar-refractivity contribution in [3.05, 3.63) is 95.0 Å². The minimum atomic E-state index is 0.803. The number of hydrogen-bond acceptors (Lipinski definition) is 2. The molecule has 0 aliphatic heterocycles. The predicted molar refractivity (Wildman–Crippen MR) is 140 cm³/mol. The summed E-state index contributed by atoms with van der Waals surface area (Å²) in [5.74, 6) is 0.870. The fourth-order valence-electron chi connectivity index (χ4n) is 4.31. The predicted octanol–water partition coefficient (Wildman–Crippen LogP) is 8.11. The summed E-state index contributed by atoms with van der Waals surface area (Å²) in [5.41, 5.74) is 14.2. The molecular formula is C30H42N2. The second-order valence-corrected chi connectivity index (χ2v) is 8.97. The van der Waals surface area contributed by atoms with Gasteiger partial charge in [-0.15, -0.1) is 0 Å². The van der Waals surface area contributed by atoms with E-state index in [4.69, 9.17) is 5.73 Å². The third-order valence-electron chi connectivity index (χ3n) is 6.42. The van der Waals surface area contributed by atoms with Crippen LogP contribution in [0.3, 0.4) is 0 Å². The van der Waals surface area contributed by atoms with Crippen LogP contribution in [0.25, 0.3) is 5.57 Å². The lowest BCUT2D eigenvalue weighted by Crippen LogP contribution is -2.08. The summed E-state index contributed by atoms with van der Waals surface area (Å²) in [7, 11) is 0. The molecule has 1 aliphatic rings. The second-order valence-electron chi connectivity index (χ2n) is 8.97. The van der Waals surface area contributed by atoms with Gasteiger partial charge in [-0.05, 0) is 74.8 Å². The van der Waals surface area contributed by atoms with Crippen molar-refractivity contribution in [2.45, 2.75) is 79.1 Å². The molecule has 172 valence electrons. The van der Waals surface area contributed by atoms with Crippen LogP contribution < -0.4 is 5.73 Å². The molecule has 2 N–H and O–H groups in total. The molecule has 1 fully saturated rings. The third-order valence-corrected chi connectivity index (χ3v) is 6.42. The fraction of sp³-hybridized carbons (Fsp3) is 0.433. The molecule has 0 amide bonds. The van der Waals surface area contributed by atoms with Gasteiger partial charge in [0.15, 0.2) is 0 Å². The van der Waals surface area contributed by atoms with Crippen LogP contribution in [-0.2, 0) is 6.42 Å². The molecule has 3 rings (SSSR count).